The predicted octanol–water partition coefficient (Wildman–Crippen LogP) is 1.42. The van der Waals surface area contributed by atoms with E-state index >= 15 is 0 Å². The van der Waals surface area contributed by atoms with Crippen LogP contribution in [0.3, 0.4) is 0 Å². The van der Waals surface area contributed by atoms with Crippen LogP contribution in [0.5, 0.6) is 0 Å². The van der Waals surface area contributed by atoms with Crippen LogP contribution in [-0.2, 0) is 11.3 Å². The number of halogens is 2. The quantitative estimate of drug-likeness (QED) is 0.876. The molecule has 0 spiro atoms. The van der Waals surface area contributed by atoms with E-state index in [0.29, 0.717) is 13.1 Å². The van der Waals surface area contributed by atoms with Crippen LogP contribution in [0.25, 0.3) is 0 Å². The van der Waals surface area contributed by atoms with E-state index in [0.717, 1.165) is 26.8 Å². The van der Waals surface area contributed by atoms with E-state index in [-0.39, 0.29) is 11.9 Å². The van der Waals surface area contributed by atoms with Crippen molar-refractivity contribution in [2.45, 2.75) is 12.6 Å². The highest BCUT2D eigenvalue weighted by Gasteiger charge is 2.27. The number of hydrogen-bond acceptors (Lipinski definition) is 4. The van der Waals surface area contributed by atoms with E-state index in [2.05, 4.69) is 26.1 Å². The highest BCUT2D eigenvalue weighted by molar-refractivity contribution is 9.10. The summed E-state index contributed by atoms with van der Waals surface area (Å²) >= 11 is 10.9. The average Bonchev–Trinajstić information content (AvgIpc) is 2.58. The summed E-state index contributed by atoms with van der Waals surface area (Å²) in [6.45, 7) is 3.03. The summed E-state index contributed by atoms with van der Waals surface area (Å²) in [6, 6.07) is 1.76. The molecule has 3 N–H and O–H groups in total. The second-order valence-corrected chi connectivity index (χ2v) is 6.52. The number of nitrogens with zero attached hydrogens (tertiary/aromatic N) is 1. The molecule has 1 unspecified atom stereocenters. The highest BCUT2D eigenvalue weighted by Crippen LogP contribution is 2.32. The molecule has 17 heavy (non-hydrogen) atoms. The summed E-state index contributed by atoms with van der Waals surface area (Å²) in [4.78, 5) is 14.6. The van der Waals surface area contributed by atoms with Gasteiger partial charge in [0.05, 0.1) is 0 Å². The molecule has 0 bridgehead atoms. The Balaban J connectivity index is 2.07. The number of hydrogen-bond donors (Lipinski definition) is 2. The van der Waals surface area contributed by atoms with Crippen LogP contribution >= 0.6 is 38.9 Å². The van der Waals surface area contributed by atoms with Gasteiger partial charge in [-0.05, 0) is 22.0 Å². The molecule has 1 aliphatic rings. The van der Waals surface area contributed by atoms with Crippen molar-refractivity contribution in [3.8, 4) is 0 Å². The van der Waals surface area contributed by atoms with Crippen LogP contribution in [0.2, 0.25) is 4.34 Å². The number of amides is 1. The molecule has 7 heteroatoms. The minimum Gasteiger partial charge on any atom is -0.368 e. The van der Waals surface area contributed by atoms with Crippen LogP contribution in [0, 0.1) is 0 Å². The Morgan fingerprint density at radius 1 is 1.76 bits per heavy atom. The first-order chi connectivity index (χ1) is 8.08. The molecule has 0 aromatic carbocycles. The lowest BCUT2D eigenvalue weighted by Gasteiger charge is -2.33. The van der Waals surface area contributed by atoms with Crippen molar-refractivity contribution >= 4 is 44.8 Å². The summed E-state index contributed by atoms with van der Waals surface area (Å²) in [7, 11) is 0. The van der Waals surface area contributed by atoms with Gasteiger partial charge in [0.25, 0.3) is 0 Å². The molecular weight excluding hydrogens is 326 g/mol. The minimum absolute atomic E-state index is 0.233. The fourth-order valence-electron chi connectivity index (χ4n) is 1.89. The van der Waals surface area contributed by atoms with E-state index in [1.807, 2.05) is 6.07 Å². The molecular formula is C10H13BrClN3OS. The molecule has 0 saturated carbocycles. The topological polar surface area (TPSA) is 58.4 Å². The maximum absolute atomic E-state index is 11.3. The Kier molecular flexibility index (Phi) is 4.43. The molecule has 2 rings (SSSR count). The maximum atomic E-state index is 11.3. The number of nitrogens with two attached hydrogens (primary N) is 1. The van der Waals surface area contributed by atoms with E-state index in [1.54, 1.807) is 0 Å². The Morgan fingerprint density at radius 3 is 3.12 bits per heavy atom. The van der Waals surface area contributed by atoms with Crippen LogP contribution < -0.4 is 11.1 Å². The van der Waals surface area contributed by atoms with Gasteiger partial charge in [0.15, 0.2) is 0 Å². The molecule has 1 fully saturated rings. The molecule has 1 aromatic rings. The second-order valence-electron chi connectivity index (χ2n) is 3.93. The Bertz CT molecular complexity index is 406. The van der Waals surface area contributed by atoms with Crippen LogP contribution in [-0.4, -0.2) is 36.5 Å². The fourth-order valence-corrected chi connectivity index (χ4v) is 3.70. The summed E-state index contributed by atoms with van der Waals surface area (Å²) in [6.07, 6.45) is 0. The SMILES string of the molecule is NC(=O)C1CNCCN1Cc1cc(Br)c(Cl)s1. The van der Waals surface area contributed by atoms with Crippen molar-refractivity contribution < 1.29 is 4.79 Å². The molecule has 4 nitrogen and oxygen atoms in total. The Labute approximate surface area is 117 Å². The van der Waals surface area contributed by atoms with E-state index in [1.165, 1.54) is 11.3 Å². The minimum atomic E-state index is -0.279. The van der Waals surface area contributed by atoms with Gasteiger partial charge < -0.3 is 11.1 Å². The first-order valence-corrected chi connectivity index (χ1v) is 7.24. The maximum Gasteiger partial charge on any atom is 0.236 e. The summed E-state index contributed by atoms with van der Waals surface area (Å²) in [5, 5.41) is 3.17. The number of nitrogens with one attached hydrogen (secondary N) is 1. The number of carbonyl (C=O) groups is 1. The molecule has 1 amide bonds. The average molecular weight is 339 g/mol. The lowest BCUT2D eigenvalue weighted by atomic mass is 10.2. The van der Waals surface area contributed by atoms with E-state index in [9.17, 15) is 4.79 Å². The number of piperazine rings is 1. The van der Waals surface area contributed by atoms with Gasteiger partial charge in [-0.25, -0.2) is 0 Å². The zero-order valence-electron chi connectivity index (χ0n) is 9.08. The predicted molar refractivity (Wildman–Crippen MR) is 73.3 cm³/mol. The molecule has 1 aromatic heterocycles. The van der Waals surface area contributed by atoms with Gasteiger partial charge in [0.1, 0.15) is 10.4 Å². The van der Waals surface area contributed by atoms with Crippen molar-refractivity contribution in [1.82, 2.24) is 10.2 Å². The largest absolute Gasteiger partial charge is 0.368 e. The first kappa shape index (κ1) is 13.3. The van der Waals surface area contributed by atoms with Gasteiger partial charge in [-0.1, -0.05) is 11.6 Å². The number of primary amides is 1. The number of rotatable bonds is 3. The lowest BCUT2D eigenvalue weighted by molar-refractivity contribution is -0.124. The monoisotopic (exact) mass is 337 g/mol. The van der Waals surface area contributed by atoms with E-state index < -0.39 is 0 Å². The second kappa shape index (κ2) is 5.67. The molecule has 0 aliphatic carbocycles. The van der Waals surface area contributed by atoms with Gasteiger partial charge in [-0.15, -0.1) is 11.3 Å². The summed E-state index contributed by atoms with van der Waals surface area (Å²) in [5.74, 6) is -0.279. The number of thiophene rings is 1. The third-order valence-corrected chi connectivity index (χ3v) is 5.20. The van der Waals surface area contributed by atoms with Crippen molar-refractivity contribution in [2.24, 2.45) is 5.73 Å². The first-order valence-electron chi connectivity index (χ1n) is 5.25. The molecule has 94 valence electrons. The fraction of sp³-hybridized carbons (Fsp3) is 0.500. The van der Waals surface area contributed by atoms with E-state index in [4.69, 9.17) is 17.3 Å². The zero-order chi connectivity index (χ0) is 12.4. The van der Waals surface area contributed by atoms with Gasteiger partial charge >= 0.3 is 0 Å². The molecule has 2 heterocycles. The Morgan fingerprint density at radius 2 is 2.53 bits per heavy atom. The van der Waals surface area contributed by atoms with Crippen LogP contribution in [0.4, 0.5) is 0 Å². The molecule has 1 aliphatic heterocycles. The Hall–Kier alpha value is -0.140. The standard InChI is InChI=1S/C10H13BrClN3OS/c11-7-3-6(17-9(7)12)5-15-2-1-14-4-8(15)10(13)16/h3,8,14H,1-2,4-5H2,(H2,13,16). The van der Waals surface area contributed by atoms with Crippen molar-refractivity contribution in [2.75, 3.05) is 19.6 Å². The zero-order valence-corrected chi connectivity index (χ0v) is 12.2. The van der Waals surface area contributed by atoms with Crippen molar-refractivity contribution in [3.63, 3.8) is 0 Å². The smallest absolute Gasteiger partial charge is 0.236 e. The summed E-state index contributed by atoms with van der Waals surface area (Å²) in [5.41, 5.74) is 5.39. The third-order valence-electron chi connectivity index (χ3n) is 2.74. The highest BCUT2D eigenvalue weighted by atomic mass is 79.9. The molecule has 0 radical (unpaired) electrons. The molecule has 1 saturated heterocycles. The summed E-state index contributed by atoms with van der Waals surface area (Å²) < 4.78 is 1.65. The van der Waals surface area contributed by atoms with Gasteiger partial charge in [0, 0.05) is 35.5 Å². The van der Waals surface area contributed by atoms with Gasteiger partial charge in [-0.3, -0.25) is 9.69 Å². The molecule has 1 atom stereocenters. The van der Waals surface area contributed by atoms with Gasteiger partial charge in [0.2, 0.25) is 5.91 Å². The van der Waals surface area contributed by atoms with Crippen LogP contribution in [0.1, 0.15) is 4.88 Å². The van der Waals surface area contributed by atoms with Crippen molar-refractivity contribution in [3.05, 3.63) is 19.8 Å². The third kappa shape index (κ3) is 3.20. The lowest BCUT2D eigenvalue weighted by Crippen LogP contribution is -2.56. The van der Waals surface area contributed by atoms with Gasteiger partial charge in [-0.2, -0.15) is 0 Å². The number of carbonyl (C=O) groups excluding carboxylic acids is 1. The normalized spacial score (nSPS) is 21.6. The van der Waals surface area contributed by atoms with Crippen LogP contribution in [0.15, 0.2) is 10.5 Å². The van der Waals surface area contributed by atoms with Crippen molar-refractivity contribution in [1.29, 1.82) is 0 Å².